The standard InChI is InChI=1S/C20H15ClFN3OS/c1-11-14(21)3-2-4-16(11)25-9-17(26)18(19(25)23)20-24-15(10-27-20)12-5-7-13(22)8-6-12/h2-8,10,23,26H,9H2,1H3. The van der Waals surface area contributed by atoms with E-state index in [9.17, 15) is 9.50 Å². The van der Waals surface area contributed by atoms with Gasteiger partial charge in [-0.25, -0.2) is 9.37 Å². The van der Waals surface area contributed by atoms with Crippen molar-refractivity contribution in [2.24, 2.45) is 0 Å². The molecule has 1 aliphatic rings. The minimum atomic E-state index is -0.306. The van der Waals surface area contributed by atoms with Gasteiger partial charge in [0, 0.05) is 21.7 Å². The highest BCUT2D eigenvalue weighted by molar-refractivity contribution is 7.11. The van der Waals surface area contributed by atoms with Gasteiger partial charge in [0.1, 0.15) is 22.4 Å². The summed E-state index contributed by atoms with van der Waals surface area (Å²) >= 11 is 7.54. The number of anilines is 1. The second-order valence-corrected chi connectivity index (χ2v) is 7.45. The summed E-state index contributed by atoms with van der Waals surface area (Å²) in [4.78, 5) is 6.26. The molecule has 0 amide bonds. The number of hydrogen-bond acceptors (Lipinski definition) is 4. The van der Waals surface area contributed by atoms with E-state index in [1.165, 1.54) is 23.5 Å². The highest BCUT2D eigenvalue weighted by Gasteiger charge is 2.32. The molecule has 4 rings (SSSR count). The molecular formula is C20H15ClFN3OS. The quantitative estimate of drug-likeness (QED) is 0.595. The molecule has 3 aromatic rings. The maximum atomic E-state index is 13.1. The van der Waals surface area contributed by atoms with Crippen LogP contribution in [0.25, 0.3) is 16.8 Å². The van der Waals surface area contributed by atoms with E-state index in [0.29, 0.717) is 21.3 Å². The maximum Gasteiger partial charge on any atom is 0.139 e. The first-order valence-corrected chi connectivity index (χ1v) is 9.47. The molecule has 2 aromatic carbocycles. The van der Waals surface area contributed by atoms with Crippen molar-refractivity contribution in [2.45, 2.75) is 6.92 Å². The number of amidine groups is 1. The van der Waals surface area contributed by atoms with Gasteiger partial charge in [-0.1, -0.05) is 17.7 Å². The third-order valence-corrected chi connectivity index (χ3v) is 5.76. The number of rotatable bonds is 3. The van der Waals surface area contributed by atoms with Gasteiger partial charge in [-0.15, -0.1) is 11.3 Å². The minimum Gasteiger partial charge on any atom is -0.510 e. The molecule has 0 aliphatic carbocycles. The third-order valence-electron chi connectivity index (χ3n) is 4.49. The van der Waals surface area contributed by atoms with Crippen molar-refractivity contribution in [3.63, 3.8) is 0 Å². The van der Waals surface area contributed by atoms with Crippen molar-refractivity contribution < 1.29 is 9.50 Å². The van der Waals surface area contributed by atoms with Crippen molar-refractivity contribution >= 4 is 40.0 Å². The summed E-state index contributed by atoms with van der Waals surface area (Å²) in [5.41, 5.74) is 3.51. The van der Waals surface area contributed by atoms with Crippen LogP contribution in [0, 0.1) is 18.2 Å². The van der Waals surface area contributed by atoms with E-state index >= 15 is 0 Å². The zero-order valence-electron chi connectivity index (χ0n) is 14.3. The number of halogens is 2. The molecule has 0 atom stereocenters. The molecule has 2 heterocycles. The molecule has 4 nitrogen and oxygen atoms in total. The van der Waals surface area contributed by atoms with Gasteiger partial charge >= 0.3 is 0 Å². The van der Waals surface area contributed by atoms with E-state index < -0.39 is 0 Å². The van der Waals surface area contributed by atoms with E-state index in [-0.39, 0.29) is 24.0 Å². The van der Waals surface area contributed by atoms with Gasteiger partial charge in [0.15, 0.2) is 0 Å². The Kier molecular flexibility index (Phi) is 4.45. The van der Waals surface area contributed by atoms with E-state index in [2.05, 4.69) is 4.98 Å². The average molecular weight is 400 g/mol. The normalized spacial score (nSPS) is 14.3. The summed E-state index contributed by atoms with van der Waals surface area (Å²) in [6.45, 7) is 2.08. The molecule has 27 heavy (non-hydrogen) atoms. The molecule has 136 valence electrons. The summed E-state index contributed by atoms with van der Waals surface area (Å²) in [6.07, 6.45) is 0. The van der Waals surface area contributed by atoms with Crippen LogP contribution in [0.5, 0.6) is 0 Å². The smallest absolute Gasteiger partial charge is 0.139 e. The first-order valence-electron chi connectivity index (χ1n) is 8.21. The van der Waals surface area contributed by atoms with Crippen LogP contribution in [0.1, 0.15) is 10.6 Å². The van der Waals surface area contributed by atoms with Crippen LogP contribution in [0.4, 0.5) is 10.1 Å². The van der Waals surface area contributed by atoms with Crippen LogP contribution in [-0.2, 0) is 0 Å². The predicted octanol–water partition coefficient (Wildman–Crippen LogP) is 5.68. The topological polar surface area (TPSA) is 60.2 Å². The Morgan fingerprint density at radius 1 is 1.22 bits per heavy atom. The Bertz CT molecular complexity index is 1080. The fourth-order valence-corrected chi connectivity index (χ4v) is 4.11. The van der Waals surface area contributed by atoms with Crippen molar-refractivity contribution in [1.29, 1.82) is 5.41 Å². The molecule has 0 bridgehead atoms. The van der Waals surface area contributed by atoms with Crippen LogP contribution in [0.15, 0.2) is 53.6 Å². The number of thiazole rings is 1. The average Bonchev–Trinajstić information content (AvgIpc) is 3.23. The second-order valence-electron chi connectivity index (χ2n) is 6.19. The van der Waals surface area contributed by atoms with Crippen molar-refractivity contribution in [3.8, 4) is 11.3 Å². The molecule has 0 saturated heterocycles. The molecule has 0 saturated carbocycles. The molecular weight excluding hydrogens is 385 g/mol. The molecule has 7 heteroatoms. The van der Waals surface area contributed by atoms with Gasteiger partial charge in [0.05, 0.1) is 17.8 Å². The number of aliphatic hydroxyl groups is 1. The summed E-state index contributed by atoms with van der Waals surface area (Å²) in [6, 6.07) is 11.6. The number of aromatic nitrogens is 1. The summed E-state index contributed by atoms with van der Waals surface area (Å²) in [5, 5.41) is 22.1. The largest absolute Gasteiger partial charge is 0.510 e. The van der Waals surface area contributed by atoms with Crippen LogP contribution in [0.3, 0.4) is 0 Å². The first kappa shape index (κ1) is 17.7. The maximum absolute atomic E-state index is 13.1. The van der Waals surface area contributed by atoms with Crippen molar-refractivity contribution in [1.82, 2.24) is 4.98 Å². The lowest BCUT2D eigenvalue weighted by Crippen LogP contribution is -2.26. The van der Waals surface area contributed by atoms with Gasteiger partial charge in [-0.05, 0) is 48.9 Å². The van der Waals surface area contributed by atoms with Gasteiger partial charge in [-0.2, -0.15) is 0 Å². The van der Waals surface area contributed by atoms with Crippen LogP contribution in [-0.4, -0.2) is 22.5 Å². The molecule has 2 N–H and O–H groups in total. The number of aliphatic hydroxyl groups excluding tert-OH is 1. The Hall–Kier alpha value is -2.70. The fraction of sp³-hybridized carbons (Fsp3) is 0.100. The van der Waals surface area contributed by atoms with Crippen molar-refractivity contribution in [3.05, 3.63) is 75.0 Å². The minimum absolute atomic E-state index is 0.0966. The fourth-order valence-electron chi connectivity index (χ4n) is 3.04. The lowest BCUT2D eigenvalue weighted by molar-refractivity contribution is 0.411. The third kappa shape index (κ3) is 3.11. The second kappa shape index (κ2) is 6.79. The number of hydrogen-bond donors (Lipinski definition) is 2. The zero-order chi connectivity index (χ0) is 19.1. The molecule has 1 aliphatic heterocycles. The number of nitrogens with zero attached hydrogens (tertiary/aromatic N) is 2. The molecule has 0 unspecified atom stereocenters. The Morgan fingerprint density at radius 3 is 2.70 bits per heavy atom. The lowest BCUT2D eigenvalue weighted by atomic mass is 10.1. The summed E-state index contributed by atoms with van der Waals surface area (Å²) in [7, 11) is 0. The van der Waals surface area contributed by atoms with E-state index in [0.717, 1.165) is 16.8 Å². The Balaban J connectivity index is 1.67. The van der Waals surface area contributed by atoms with E-state index in [1.807, 2.05) is 24.4 Å². The summed E-state index contributed by atoms with van der Waals surface area (Å²) < 4.78 is 13.1. The number of benzene rings is 2. The Morgan fingerprint density at radius 2 is 1.96 bits per heavy atom. The van der Waals surface area contributed by atoms with Crippen molar-refractivity contribution in [2.75, 3.05) is 11.4 Å². The van der Waals surface area contributed by atoms with Crippen LogP contribution in [0.2, 0.25) is 5.02 Å². The molecule has 0 fully saturated rings. The lowest BCUT2D eigenvalue weighted by Gasteiger charge is -2.21. The predicted molar refractivity (Wildman–Crippen MR) is 108 cm³/mol. The monoisotopic (exact) mass is 399 g/mol. The Labute approximate surface area is 164 Å². The highest BCUT2D eigenvalue weighted by Crippen LogP contribution is 2.36. The SMILES string of the molecule is Cc1c(Cl)cccc1N1CC(O)=C(c2nc(-c3ccc(F)cc3)cs2)C1=N. The number of nitrogens with one attached hydrogen (secondary N) is 1. The van der Waals surface area contributed by atoms with Gasteiger partial charge in [0.2, 0.25) is 0 Å². The highest BCUT2D eigenvalue weighted by atomic mass is 35.5. The van der Waals surface area contributed by atoms with E-state index in [1.54, 1.807) is 23.1 Å². The molecule has 0 radical (unpaired) electrons. The summed E-state index contributed by atoms with van der Waals surface area (Å²) in [5.74, 6) is -0.0306. The van der Waals surface area contributed by atoms with Crippen LogP contribution >= 0.6 is 22.9 Å². The van der Waals surface area contributed by atoms with Gasteiger partial charge in [0.25, 0.3) is 0 Å². The first-order chi connectivity index (χ1) is 13.0. The zero-order valence-corrected chi connectivity index (χ0v) is 15.9. The van der Waals surface area contributed by atoms with Crippen LogP contribution < -0.4 is 4.90 Å². The molecule has 0 spiro atoms. The van der Waals surface area contributed by atoms with E-state index in [4.69, 9.17) is 17.0 Å². The molecule has 1 aromatic heterocycles. The van der Waals surface area contributed by atoms with Gasteiger partial charge < -0.3 is 10.0 Å². The van der Waals surface area contributed by atoms with Gasteiger partial charge in [-0.3, -0.25) is 5.41 Å².